The molecular weight excluding hydrogens is 244 g/mol. The molecular formula is C10H9F2N5O. The number of hydrogen-bond acceptors (Lipinski definition) is 4. The second-order valence-corrected chi connectivity index (χ2v) is 3.54. The molecule has 2 aromatic rings. The summed E-state index contributed by atoms with van der Waals surface area (Å²) in [6, 6.07) is 4.91. The molecule has 94 valence electrons. The third kappa shape index (κ3) is 2.47. The van der Waals surface area contributed by atoms with Crippen molar-refractivity contribution in [3.05, 3.63) is 30.1 Å². The van der Waals surface area contributed by atoms with E-state index >= 15 is 0 Å². The van der Waals surface area contributed by atoms with Crippen molar-refractivity contribution in [2.45, 2.75) is 13.3 Å². The number of alkyl halides is 2. The summed E-state index contributed by atoms with van der Waals surface area (Å²) in [5.74, 6) is -1.34. The number of amides is 1. The van der Waals surface area contributed by atoms with Crippen molar-refractivity contribution < 1.29 is 13.6 Å². The van der Waals surface area contributed by atoms with Crippen LogP contribution in [0.2, 0.25) is 0 Å². The number of anilines is 1. The quantitative estimate of drug-likeness (QED) is 0.891. The van der Waals surface area contributed by atoms with Gasteiger partial charge in [0.1, 0.15) is 6.33 Å². The topological polar surface area (TPSA) is 72.7 Å². The minimum Gasteiger partial charge on any atom is -0.321 e. The van der Waals surface area contributed by atoms with E-state index in [1.807, 2.05) is 0 Å². The molecule has 8 heteroatoms. The maximum atomic E-state index is 12.2. The van der Waals surface area contributed by atoms with Gasteiger partial charge in [-0.25, -0.2) is 4.68 Å². The molecule has 6 nitrogen and oxygen atoms in total. The molecule has 0 radical (unpaired) electrons. The second kappa shape index (κ2) is 4.86. The Labute approximate surface area is 101 Å². The first-order chi connectivity index (χ1) is 8.58. The summed E-state index contributed by atoms with van der Waals surface area (Å²) >= 11 is 0. The van der Waals surface area contributed by atoms with Crippen molar-refractivity contribution >= 4 is 11.6 Å². The zero-order valence-electron chi connectivity index (χ0n) is 9.34. The van der Waals surface area contributed by atoms with Crippen molar-refractivity contribution in [1.82, 2.24) is 20.2 Å². The van der Waals surface area contributed by atoms with Gasteiger partial charge in [0, 0.05) is 5.69 Å². The number of halogens is 2. The van der Waals surface area contributed by atoms with Gasteiger partial charge in [-0.2, -0.15) is 8.78 Å². The van der Waals surface area contributed by atoms with E-state index in [0.29, 0.717) is 16.9 Å². The van der Waals surface area contributed by atoms with E-state index in [1.54, 1.807) is 19.1 Å². The highest BCUT2D eigenvalue weighted by molar-refractivity contribution is 5.94. The fraction of sp³-hybridized carbons (Fsp3) is 0.200. The van der Waals surface area contributed by atoms with Crippen LogP contribution in [0.1, 0.15) is 5.56 Å². The third-order valence-corrected chi connectivity index (χ3v) is 2.29. The van der Waals surface area contributed by atoms with E-state index in [0.717, 1.165) is 0 Å². The number of aromatic nitrogens is 4. The highest BCUT2D eigenvalue weighted by Gasteiger charge is 2.16. The average Bonchev–Trinajstić information content (AvgIpc) is 2.85. The van der Waals surface area contributed by atoms with Crippen molar-refractivity contribution in [2.24, 2.45) is 0 Å². The molecule has 0 aliphatic heterocycles. The van der Waals surface area contributed by atoms with Crippen molar-refractivity contribution in [3.63, 3.8) is 0 Å². The monoisotopic (exact) mass is 253 g/mol. The molecule has 1 heterocycles. The lowest BCUT2D eigenvalue weighted by atomic mass is 10.2. The molecule has 0 aliphatic carbocycles. The van der Waals surface area contributed by atoms with Gasteiger partial charge in [0.15, 0.2) is 0 Å². The van der Waals surface area contributed by atoms with Crippen LogP contribution in [0.5, 0.6) is 0 Å². The Bertz CT molecular complexity index is 555. The number of aryl methyl sites for hydroxylation is 1. The Morgan fingerprint density at radius 3 is 2.83 bits per heavy atom. The van der Waals surface area contributed by atoms with Crippen LogP contribution in [-0.4, -0.2) is 32.5 Å². The van der Waals surface area contributed by atoms with E-state index in [9.17, 15) is 13.6 Å². The van der Waals surface area contributed by atoms with Gasteiger partial charge in [0.2, 0.25) is 0 Å². The molecule has 18 heavy (non-hydrogen) atoms. The molecule has 0 aliphatic rings. The van der Waals surface area contributed by atoms with Gasteiger partial charge in [-0.05, 0) is 35.0 Å². The molecule has 0 bridgehead atoms. The summed E-state index contributed by atoms with van der Waals surface area (Å²) in [5.41, 5.74) is 1.53. The van der Waals surface area contributed by atoms with Crippen molar-refractivity contribution in [2.75, 3.05) is 5.32 Å². The molecule has 0 atom stereocenters. The maximum Gasteiger partial charge on any atom is 0.315 e. The number of hydrogen-bond donors (Lipinski definition) is 1. The maximum absolute atomic E-state index is 12.2. The van der Waals surface area contributed by atoms with E-state index in [4.69, 9.17) is 0 Å². The normalized spacial score (nSPS) is 10.7. The number of carbonyl (C=O) groups excluding carboxylic acids is 1. The van der Waals surface area contributed by atoms with Gasteiger partial charge >= 0.3 is 6.43 Å². The lowest BCUT2D eigenvalue weighted by Crippen LogP contribution is -2.20. The lowest BCUT2D eigenvalue weighted by molar-refractivity contribution is -0.126. The predicted octanol–water partition coefficient (Wildman–Crippen LogP) is 1.17. The van der Waals surface area contributed by atoms with Gasteiger partial charge < -0.3 is 5.32 Å². The fourth-order valence-corrected chi connectivity index (χ4v) is 1.35. The first kappa shape index (κ1) is 12.1. The number of rotatable bonds is 3. The summed E-state index contributed by atoms with van der Waals surface area (Å²) < 4.78 is 25.7. The van der Waals surface area contributed by atoms with Crippen LogP contribution in [0, 0.1) is 6.92 Å². The number of nitrogens with one attached hydrogen (secondary N) is 1. The van der Waals surface area contributed by atoms with Gasteiger partial charge in [-0.3, -0.25) is 4.79 Å². The number of carbonyl (C=O) groups is 1. The molecule has 0 spiro atoms. The number of tetrazole rings is 1. The highest BCUT2D eigenvalue weighted by atomic mass is 19.3. The summed E-state index contributed by atoms with van der Waals surface area (Å²) in [7, 11) is 0. The van der Waals surface area contributed by atoms with Crippen LogP contribution in [0.25, 0.3) is 5.69 Å². The van der Waals surface area contributed by atoms with Crippen LogP contribution in [-0.2, 0) is 4.79 Å². The summed E-state index contributed by atoms with van der Waals surface area (Å²) in [6.07, 6.45) is -1.69. The zero-order chi connectivity index (χ0) is 13.1. The lowest BCUT2D eigenvalue weighted by Gasteiger charge is -2.09. The van der Waals surface area contributed by atoms with Crippen LogP contribution in [0.15, 0.2) is 24.5 Å². The van der Waals surface area contributed by atoms with E-state index in [-0.39, 0.29) is 0 Å². The second-order valence-electron chi connectivity index (χ2n) is 3.54. The SMILES string of the molecule is Cc1ccc(-n2cnnn2)cc1NC(=O)C(F)F. The van der Waals surface area contributed by atoms with E-state index < -0.39 is 12.3 Å². The fourth-order valence-electron chi connectivity index (χ4n) is 1.35. The Morgan fingerprint density at radius 2 is 2.22 bits per heavy atom. The zero-order valence-corrected chi connectivity index (χ0v) is 9.34. The summed E-state index contributed by atoms with van der Waals surface area (Å²) in [6.45, 7) is 1.70. The minimum absolute atomic E-state index is 0.299. The number of benzene rings is 1. The minimum atomic E-state index is -3.05. The largest absolute Gasteiger partial charge is 0.321 e. The Hall–Kier alpha value is -2.38. The van der Waals surface area contributed by atoms with Crippen molar-refractivity contribution in [1.29, 1.82) is 0 Å². The molecule has 1 aromatic carbocycles. The van der Waals surface area contributed by atoms with E-state index in [2.05, 4.69) is 20.8 Å². The van der Waals surface area contributed by atoms with E-state index in [1.165, 1.54) is 17.1 Å². The molecule has 2 rings (SSSR count). The molecule has 1 N–H and O–H groups in total. The molecule has 0 unspecified atom stereocenters. The predicted molar refractivity (Wildman–Crippen MR) is 58.5 cm³/mol. The Kier molecular flexibility index (Phi) is 3.26. The molecule has 1 aromatic heterocycles. The summed E-state index contributed by atoms with van der Waals surface area (Å²) in [4.78, 5) is 11.0. The number of nitrogens with zero attached hydrogens (tertiary/aromatic N) is 4. The average molecular weight is 253 g/mol. The first-order valence-corrected chi connectivity index (χ1v) is 5.01. The molecule has 1 amide bonds. The van der Waals surface area contributed by atoms with Gasteiger partial charge in [0.05, 0.1) is 5.69 Å². The van der Waals surface area contributed by atoms with Gasteiger partial charge in [0.25, 0.3) is 5.91 Å². The molecule has 0 saturated carbocycles. The summed E-state index contributed by atoms with van der Waals surface area (Å²) in [5, 5.41) is 12.7. The van der Waals surface area contributed by atoms with Gasteiger partial charge in [-0.15, -0.1) is 5.10 Å². The van der Waals surface area contributed by atoms with Crippen molar-refractivity contribution in [3.8, 4) is 5.69 Å². The standard InChI is InChI=1S/C10H9F2N5O/c1-6-2-3-7(17-5-13-15-16-17)4-8(6)14-10(18)9(11)12/h2-5,9H,1H3,(H,14,18). The van der Waals surface area contributed by atoms with Crippen LogP contribution in [0.3, 0.4) is 0 Å². The first-order valence-electron chi connectivity index (χ1n) is 5.01. The van der Waals surface area contributed by atoms with Crippen LogP contribution >= 0.6 is 0 Å². The van der Waals surface area contributed by atoms with Gasteiger partial charge in [-0.1, -0.05) is 6.07 Å². The smallest absolute Gasteiger partial charge is 0.315 e. The Balaban J connectivity index is 2.30. The highest BCUT2D eigenvalue weighted by Crippen LogP contribution is 2.19. The molecule has 0 saturated heterocycles. The third-order valence-electron chi connectivity index (χ3n) is 2.29. The van der Waals surface area contributed by atoms with Crippen LogP contribution < -0.4 is 5.32 Å². The van der Waals surface area contributed by atoms with Crippen LogP contribution in [0.4, 0.5) is 14.5 Å². The Morgan fingerprint density at radius 1 is 1.44 bits per heavy atom. The molecule has 0 fully saturated rings.